The summed E-state index contributed by atoms with van der Waals surface area (Å²) in [5, 5.41) is 5.71. The molecule has 0 saturated carbocycles. The number of piperidine rings is 1. The van der Waals surface area contributed by atoms with Gasteiger partial charge in [-0.15, -0.1) is 0 Å². The highest BCUT2D eigenvalue weighted by Gasteiger charge is 2.41. The van der Waals surface area contributed by atoms with Crippen molar-refractivity contribution < 1.29 is 22.9 Å². The predicted molar refractivity (Wildman–Crippen MR) is 171 cm³/mol. The summed E-state index contributed by atoms with van der Waals surface area (Å²) < 4.78 is 25.3. The molecule has 1 saturated heterocycles. The minimum atomic E-state index is -2.11. The third-order valence-electron chi connectivity index (χ3n) is 8.34. The Balaban J connectivity index is 1.87. The first kappa shape index (κ1) is 33.7. The van der Waals surface area contributed by atoms with E-state index in [2.05, 4.69) is 85.0 Å². The van der Waals surface area contributed by atoms with Gasteiger partial charge in [-0.25, -0.2) is 4.79 Å². The Labute approximate surface area is 251 Å². The van der Waals surface area contributed by atoms with Gasteiger partial charge in [-0.1, -0.05) is 46.7 Å². The molecule has 41 heavy (non-hydrogen) atoms. The van der Waals surface area contributed by atoms with E-state index < -0.39 is 23.0 Å². The van der Waals surface area contributed by atoms with E-state index in [0.717, 1.165) is 66.7 Å². The molecule has 1 unspecified atom stereocenters. The van der Waals surface area contributed by atoms with Crippen molar-refractivity contribution in [2.45, 2.75) is 131 Å². The highest BCUT2D eigenvalue weighted by atomic mass is 28.4. The molecule has 0 bridgehead atoms. The summed E-state index contributed by atoms with van der Waals surface area (Å²) in [6.07, 6.45) is 3.42. The number of carbonyl (C=O) groups excluding carboxylic acids is 1. The first-order valence-electron chi connectivity index (χ1n) is 15.2. The van der Waals surface area contributed by atoms with Crippen molar-refractivity contribution in [1.29, 1.82) is 0 Å². The Bertz CT molecular complexity index is 1180. The second-order valence-electron chi connectivity index (χ2n) is 15.6. The number of hydrogen-bond donors (Lipinski definition) is 0. The van der Waals surface area contributed by atoms with Gasteiger partial charge in [0.2, 0.25) is 17.4 Å². The van der Waals surface area contributed by atoms with Crippen LogP contribution in [0.5, 0.6) is 5.75 Å². The molecule has 0 spiro atoms. The largest absolute Gasteiger partial charge is 0.543 e. The molecule has 1 radical (unpaired) electrons. The van der Waals surface area contributed by atoms with Crippen molar-refractivity contribution in [3.05, 3.63) is 23.4 Å². The first-order valence-corrected chi connectivity index (χ1v) is 20.6. The minimum Gasteiger partial charge on any atom is -0.543 e. The molecule has 9 heteroatoms. The molecule has 1 aliphatic heterocycles. The van der Waals surface area contributed by atoms with Crippen molar-refractivity contribution in [3.8, 4) is 5.75 Å². The number of aromatic nitrogens is 1. The quantitative estimate of drug-likeness (QED) is 0.280. The van der Waals surface area contributed by atoms with Gasteiger partial charge in [-0.2, -0.15) is 0 Å². The average molecular weight is 604 g/mol. The molecule has 1 aromatic carbocycles. The topological polar surface area (TPSA) is 74.0 Å². The number of aryl methyl sites for hydroxylation is 1. The zero-order chi connectivity index (χ0) is 31.0. The van der Waals surface area contributed by atoms with Gasteiger partial charge >= 0.3 is 6.09 Å². The van der Waals surface area contributed by atoms with Crippen molar-refractivity contribution in [2.24, 2.45) is 11.3 Å². The monoisotopic (exact) mass is 603 g/mol. The summed E-state index contributed by atoms with van der Waals surface area (Å²) in [7, 11) is -3.11. The van der Waals surface area contributed by atoms with E-state index in [0.29, 0.717) is 5.92 Å². The van der Waals surface area contributed by atoms with Crippen molar-refractivity contribution in [3.63, 3.8) is 0 Å². The van der Waals surface area contributed by atoms with Crippen LogP contribution in [0.25, 0.3) is 11.0 Å². The summed E-state index contributed by atoms with van der Waals surface area (Å²) in [6, 6.07) is 4.25. The van der Waals surface area contributed by atoms with Crippen LogP contribution in [0.3, 0.4) is 0 Å². The Morgan fingerprint density at radius 1 is 1.07 bits per heavy atom. The van der Waals surface area contributed by atoms with E-state index >= 15 is 0 Å². The van der Waals surface area contributed by atoms with Crippen molar-refractivity contribution >= 4 is 34.4 Å². The van der Waals surface area contributed by atoms with Crippen LogP contribution in [0.2, 0.25) is 31.2 Å². The molecule has 7 nitrogen and oxygen atoms in total. The van der Waals surface area contributed by atoms with Gasteiger partial charge in [0.05, 0.1) is 17.4 Å². The molecule has 1 aliphatic rings. The number of ether oxygens (including phenoxy) is 1. The number of amides is 1. The van der Waals surface area contributed by atoms with Gasteiger partial charge in [0, 0.05) is 18.5 Å². The Hall–Kier alpha value is -1.85. The second kappa shape index (κ2) is 12.4. The predicted octanol–water partition coefficient (Wildman–Crippen LogP) is 9.15. The van der Waals surface area contributed by atoms with E-state index in [-0.39, 0.29) is 22.7 Å². The fourth-order valence-corrected chi connectivity index (χ4v) is 6.96. The molecule has 0 N–H and O–H groups in total. The molecule has 2 aromatic rings. The number of benzene rings is 1. The number of nitrogens with zero attached hydrogens (tertiary/aromatic N) is 2. The number of carbonyl (C=O) groups is 1. The summed E-state index contributed by atoms with van der Waals surface area (Å²) in [6.45, 7) is 29.6. The highest BCUT2D eigenvalue weighted by molar-refractivity contribution is 6.74. The van der Waals surface area contributed by atoms with Crippen LogP contribution >= 0.6 is 0 Å². The standard InChI is InChI=1S/C32H55N2O5Si2/c1-30(2,3)28(38-40(10)11)26-25(39-41(12,13)32(7,8)9)17-15-23-24(33-37-27(23)26)16-14-22-18-20-34(21-19-22)29(35)36-31(4,5)6/h15,17,22,28H,14,16,18-21H2,1-13H3. The molecule has 231 valence electrons. The third-order valence-corrected chi connectivity index (χ3v) is 13.4. The molecule has 0 aliphatic carbocycles. The molecule has 1 fully saturated rings. The Morgan fingerprint density at radius 2 is 1.68 bits per heavy atom. The molecule has 1 amide bonds. The zero-order valence-electron chi connectivity index (χ0n) is 28.0. The van der Waals surface area contributed by atoms with Gasteiger partial charge in [0.25, 0.3) is 0 Å². The maximum Gasteiger partial charge on any atom is 0.410 e. The lowest BCUT2D eigenvalue weighted by Gasteiger charge is -2.39. The lowest BCUT2D eigenvalue weighted by atomic mass is 9.83. The summed E-state index contributed by atoms with van der Waals surface area (Å²) in [5.74, 6) is 1.40. The molecule has 1 atom stereocenters. The second-order valence-corrected chi connectivity index (χ2v) is 22.3. The van der Waals surface area contributed by atoms with E-state index in [4.69, 9.17) is 18.1 Å². The van der Waals surface area contributed by atoms with Gasteiger partial charge in [-0.3, -0.25) is 0 Å². The van der Waals surface area contributed by atoms with Crippen LogP contribution in [-0.4, -0.2) is 52.2 Å². The van der Waals surface area contributed by atoms with Crippen LogP contribution in [0, 0.1) is 11.3 Å². The fraction of sp³-hybridized carbons (Fsp3) is 0.750. The fourth-order valence-electron chi connectivity index (χ4n) is 4.98. The van der Waals surface area contributed by atoms with E-state index in [1.54, 1.807) is 0 Å². The zero-order valence-corrected chi connectivity index (χ0v) is 30.0. The van der Waals surface area contributed by atoms with E-state index in [1.165, 1.54) is 0 Å². The van der Waals surface area contributed by atoms with Crippen molar-refractivity contribution in [2.75, 3.05) is 13.1 Å². The lowest BCUT2D eigenvalue weighted by molar-refractivity contribution is 0.0181. The maximum absolute atomic E-state index is 12.5. The number of fused-ring (bicyclic) bond motifs is 1. The molecule has 3 rings (SSSR count). The van der Waals surface area contributed by atoms with E-state index in [9.17, 15) is 4.79 Å². The third kappa shape index (κ3) is 8.60. The van der Waals surface area contributed by atoms with Crippen molar-refractivity contribution in [1.82, 2.24) is 10.1 Å². The Morgan fingerprint density at radius 3 is 2.20 bits per heavy atom. The van der Waals surface area contributed by atoms with Crippen LogP contribution in [0.15, 0.2) is 16.7 Å². The Kier molecular flexibility index (Phi) is 10.2. The molecule has 1 aromatic heterocycles. The van der Waals surface area contributed by atoms with Gasteiger partial charge < -0.3 is 23.0 Å². The average Bonchev–Trinajstić information content (AvgIpc) is 3.22. The molecular formula is C32H55N2O5Si2. The number of rotatable bonds is 8. The van der Waals surface area contributed by atoms with Crippen LogP contribution < -0.4 is 4.43 Å². The summed E-state index contributed by atoms with van der Waals surface area (Å²) in [5.41, 5.74) is 2.15. The first-order chi connectivity index (χ1) is 18.7. The van der Waals surface area contributed by atoms with Crippen LogP contribution in [0.1, 0.15) is 98.9 Å². The van der Waals surface area contributed by atoms with Crippen LogP contribution in [0.4, 0.5) is 4.79 Å². The molecule has 2 heterocycles. The van der Waals surface area contributed by atoms with Gasteiger partial charge in [-0.05, 0) is 101 Å². The summed E-state index contributed by atoms with van der Waals surface area (Å²) >= 11 is 0. The highest BCUT2D eigenvalue weighted by Crippen LogP contribution is 2.47. The number of hydrogen-bond acceptors (Lipinski definition) is 6. The number of likely N-dealkylation sites (tertiary alicyclic amines) is 1. The SMILES string of the molecule is C[Si](C)OC(c1c(O[Si](C)(C)C(C)(C)C)ccc2c(CCC3CCN(C(=O)OC(C)(C)C)CC3)noc12)C(C)(C)C. The molecular weight excluding hydrogens is 549 g/mol. The van der Waals surface area contributed by atoms with Crippen LogP contribution in [-0.2, 0) is 15.6 Å². The van der Waals surface area contributed by atoms with Gasteiger partial charge in [0.1, 0.15) is 11.4 Å². The summed E-state index contributed by atoms with van der Waals surface area (Å²) in [4.78, 5) is 14.3. The van der Waals surface area contributed by atoms with E-state index in [1.807, 2.05) is 25.7 Å². The normalized spacial score (nSPS) is 16.9. The minimum absolute atomic E-state index is 0.0629. The smallest absolute Gasteiger partial charge is 0.410 e. The van der Waals surface area contributed by atoms with Gasteiger partial charge in [0.15, 0.2) is 5.58 Å². The maximum atomic E-state index is 12.5. The lowest BCUT2D eigenvalue weighted by Crippen LogP contribution is -2.44.